The van der Waals surface area contributed by atoms with E-state index >= 15 is 0 Å². The van der Waals surface area contributed by atoms with Gasteiger partial charge in [0.1, 0.15) is 12.4 Å². The van der Waals surface area contributed by atoms with E-state index in [2.05, 4.69) is 16.8 Å². The summed E-state index contributed by atoms with van der Waals surface area (Å²) in [5.74, 6) is 6.59. The number of aromatic amines is 1. The van der Waals surface area contributed by atoms with Gasteiger partial charge in [0.2, 0.25) is 0 Å². The van der Waals surface area contributed by atoms with E-state index in [1.54, 1.807) is 6.07 Å². The molecule has 0 aliphatic rings. The lowest BCUT2D eigenvalue weighted by Crippen LogP contribution is -2.08. The van der Waals surface area contributed by atoms with Gasteiger partial charge in [0.05, 0.1) is 0 Å². The first-order chi connectivity index (χ1) is 11.3. The Hall–Kier alpha value is -3.03. The highest BCUT2D eigenvalue weighted by molar-refractivity contribution is 5.80. The lowest BCUT2D eigenvalue weighted by atomic mass is 10.2. The van der Waals surface area contributed by atoms with Crippen LogP contribution < -0.4 is 15.9 Å². The molecule has 2 aromatic carbocycles. The molecule has 114 valence electrons. The Morgan fingerprint density at radius 2 is 1.91 bits per heavy atom. The standard InChI is InChI=1S/C19H16N2O2/c20-13-15-11-19(22)17-12-16(8-9-18(17)21-15)23-10-4-7-14-5-2-1-3-6-14/h1-3,5-6,8-9,11-12H,10,13,20H2,(H,21,22). The summed E-state index contributed by atoms with van der Waals surface area (Å²) < 4.78 is 5.60. The molecular formula is C19H16N2O2. The maximum atomic E-state index is 12.1. The summed E-state index contributed by atoms with van der Waals surface area (Å²) in [6, 6.07) is 16.6. The minimum Gasteiger partial charge on any atom is -0.481 e. The van der Waals surface area contributed by atoms with Crippen molar-refractivity contribution in [2.24, 2.45) is 5.73 Å². The number of aromatic nitrogens is 1. The van der Waals surface area contributed by atoms with Gasteiger partial charge in [-0.15, -0.1) is 0 Å². The molecule has 0 aliphatic carbocycles. The van der Waals surface area contributed by atoms with Gasteiger partial charge in [0, 0.05) is 34.8 Å². The second-order valence-corrected chi connectivity index (χ2v) is 5.03. The zero-order valence-corrected chi connectivity index (χ0v) is 12.5. The SMILES string of the molecule is NCc1cc(=O)c2cc(OCC#Cc3ccccc3)ccc2[nH]1. The maximum absolute atomic E-state index is 12.1. The summed E-state index contributed by atoms with van der Waals surface area (Å²) in [6.07, 6.45) is 0. The molecule has 0 unspecified atom stereocenters. The molecule has 3 N–H and O–H groups in total. The predicted octanol–water partition coefficient (Wildman–Crippen LogP) is 2.42. The Kier molecular flexibility index (Phi) is 4.41. The first kappa shape index (κ1) is 14.9. The Morgan fingerprint density at radius 1 is 1.09 bits per heavy atom. The summed E-state index contributed by atoms with van der Waals surface area (Å²) in [5.41, 5.74) is 7.90. The maximum Gasteiger partial charge on any atom is 0.189 e. The molecular weight excluding hydrogens is 288 g/mol. The fourth-order valence-corrected chi connectivity index (χ4v) is 2.26. The molecule has 0 saturated heterocycles. The highest BCUT2D eigenvalue weighted by Crippen LogP contribution is 2.17. The Labute approximate surface area is 133 Å². The molecule has 0 aliphatic heterocycles. The second-order valence-electron chi connectivity index (χ2n) is 5.03. The van der Waals surface area contributed by atoms with Crippen molar-refractivity contribution in [2.45, 2.75) is 6.54 Å². The van der Waals surface area contributed by atoms with Gasteiger partial charge in [-0.2, -0.15) is 0 Å². The Bertz CT molecular complexity index is 934. The van der Waals surface area contributed by atoms with Crippen LogP contribution in [0, 0.1) is 11.8 Å². The minimum absolute atomic E-state index is 0.0694. The fourth-order valence-electron chi connectivity index (χ4n) is 2.26. The van der Waals surface area contributed by atoms with E-state index in [-0.39, 0.29) is 12.0 Å². The molecule has 0 atom stereocenters. The van der Waals surface area contributed by atoms with E-state index in [1.807, 2.05) is 42.5 Å². The van der Waals surface area contributed by atoms with E-state index in [1.165, 1.54) is 6.07 Å². The number of hydrogen-bond acceptors (Lipinski definition) is 3. The molecule has 1 heterocycles. The van der Waals surface area contributed by atoms with Gasteiger partial charge >= 0.3 is 0 Å². The molecule has 3 aromatic rings. The van der Waals surface area contributed by atoms with Gasteiger partial charge in [0.25, 0.3) is 0 Å². The number of H-pyrrole nitrogens is 1. The number of hydrogen-bond donors (Lipinski definition) is 2. The summed E-state index contributed by atoms with van der Waals surface area (Å²) >= 11 is 0. The molecule has 3 rings (SSSR count). The van der Waals surface area contributed by atoms with Crippen LogP contribution in [0.5, 0.6) is 5.75 Å². The molecule has 0 saturated carbocycles. The van der Waals surface area contributed by atoms with Crippen LogP contribution in [-0.2, 0) is 6.54 Å². The number of benzene rings is 2. The predicted molar refractivity (Wildman–Crippen MR) is 91.3 cm³/mol. The third-order valence-electron chi connectivity index (χ3n) is 3.39. The third kappa shape index (κ3) is 3.60. The molecule has 4 nitrogen and oxygen atoms in total. The summed E-state index contributed by atoms with van der Waals surface area (Å²) in [4.78, 5) is 15.2. The largest absolute Gasteiger partial charge is 0.481 e. The van der Waals surface area contributed by atoms with Crippen molar-refractivity contribution >= 4 is 10.9 Å². The molecule has 0 amide bonds. The molecule has 0 radical (unpaired) electrons. The highest BCUT2D eigenvalue weighted by atomic mass is 16.5. The number of nitrogens with two attached hydrogens (primary N) is 1. The quantitative estimate of drug-likeness (QED) is 0.730. The minimum atomic E-state index is -0.0694. The van der Waals surface area contributed by atoms with Crippen molar-refractivity contribution in [3.63, 3.8) is 0 Å². The van der Waals surface area contributed by atoms with Crippen molar-refractivity contribution in [1.29, 1.82) is 0 Å². The van der Waals surface area contributed by atoms with E-state index in [9.17, 15) is 4.79 Å². The monoisotopic (exact) mass is 304 g/mol. The molecule has 0 fully saturated rings. The molecule has 0 bridgehead atoms. The highest BCUT2D eigenvalue weighted by Gasteiger charge is 2.03. The topological polar surface area (TPSA) is 68.1 Å². The lowest BCUT2D eigenvalue weighted by molar-refractivity contribution is 0.371. The number of pyridine rings is 1. The van der Waals surface area contributed by atoms with E-state index in [0.29, 0.717) is 23.4 Å². The van der Waals surface area contributed by atoms with Crippen LogP contribution >= 0.6 is 0 Å². The van der Waals surface area contributed by atoms with Gasteiger partial charge in [0.15, 0.2) is 5.43 Å². The zero-order chi connectivity index (χ0) is 16.1. The summed E-state index contributed by atoms with van der Waals surface area (Å²) in [6.45, 7) is 0.567. The smallest absolute Gasteiger partial charge is 0.189 e. The van der Waals surface area contributed by atoms with Crippen molar-refractivity contribution in [2.75, 3.05) is 6.61 Å². The average molecular weight is 304 g/mol. The number of ether oxygens (including phenoxy) is 1. The van der Waals surface area contributed by atoms with Crippen molar-refractivity contribution in [3.05, 3.63) is 76.1 Å². The second kappa shape index (κ2) is 6.82. The van der Waals surface area contributed by atoms with Crippen molar-refractivity contribution in [3.8, 4) is 17.6 Å². The van der Waals surface area contributed by atoms with E-state index in [4.69, 9.17) is 10.5 Å². The number of nitrogens with one attached hydrogen (secondary N) is 1. The van der Waals surface area contributed by atoms with Crippen LogP contribution in [0.3, 0.4) is 0 Å². The average Bonchev–Trinajstić information content (AvgIpc) is 2.60. The van der Waals surface area contributed by atoms with Gasteiger partial charge in [-0.05, 0) is 30.3 Å². The van der Waals surface area contributed by atoms with E-state index in [0.717, 1.165) is 11.1 Å². The van der Waals surface area contributed by atoms with Gasteiger partial charge < -0.3 is 15.5 Å². The Balaban J connectivity index is 1.75. The number of fused-ring (bicyclic) bond motifs is 1. The Morgan fingerprint density at radius 3 is 2.70 bits per heavy atom. The molecule has 0 spiro atoms. The summed E-state index contributed by atoms with van der Waals surface area (Å²) in [5, 5.41) is 0.579. The normalized spacial score (nSPS) is 10.1. The molecule has 1 aromatic heterocycles. The van der Waals surface area contributed by atoms with Crippen LogP contribution in [0.2, 0.25) is 0 Å². The van der Waals surface area contributed by atoms with Crippen LogP contribution in [0.1, 0.15) is 11.3 Å². The number of rotatable bonds is 3. The van der Waals surface area contributed by atoms with Gasteiger partial charge in [-0.25, -0.2) is 0 Å². The van der Waals surface area contributed by atoms with Crippen molar-refractivity contribution in [1.82, 2.24) is 4.98 Å². The zero-order valence-electron chi connectivity index (χ0n) is 12.5. The van der Waals surface area contributed by atoms with Crippen molar-refractivity contribution < 1.29 is 4.74 Å². The van der Waals surface area contributed by atoms with E-state index < -0.39 is 0 Å². The molecule has 4 heteroatoms. The van der Waals surface area contributed by atoms with Gasteiger partial charge in [-0.3, -0.25) is 4.79 Å². The van der Waals surface area contributed by atoms with Crippen LogP contribution in [0.4, 0.5) is 0 Å². The summed E-state index contributed by atoms with van der Waals surface area (Å²) in [7, 11) is 0. The van der Waals surface area contributed by atoms with Gasteiger partial charge in [-0.1, -0.05) is 30.0 Å². The van der Waals surface area contributed by atoms with Crippen LogP contribution in [0.15, 0.2) is 59.4 Å². The third-order valence-corrected chi connectivity index (χ3v) is 3.39. The first-order valence-electron chi connectivity index (χ1n) is 7.29. The lowest BCUT2D eigenvalue weighted by Gasteiger charge is -2.05. The first-order valence-corrected chi connectivity index (χ1v) is 7.29. The molecule has 23 heavy (non-hydrogen) atoms. The van der Waals surface area contributed by atoms with Crippen LogP contribution in [0.25, 0.3) is 10.9 Å². The van der Waals surface area contributed by atoms with Crippen LogP contribution in [-0.4, -0.2) is 11.6 Å². The fraction of sp³-hybridized carbons (Fsp3) is 0.105.